The first-order valence-corrected chi connectivity index (χ1v) is 5.50. The molecule has 0 heterocycles. The second kappa shape index (κ2) is 7.03. The molecule has 0 radical (unpaired) electrons. The molecule has 0 aliphatic rings. The second-order valence-corrected chi connectivity index (χ2v) is 4.53. The SMILES string of the molecule is CC(C)(C)OC(=O)N(CCl)c1cc[c-]cc1.[W]. The summed E-state index contributed by atoms with van der Waals surface area (Å²) in [6.07, 6.45) is -0.450. The third kappa shape index (κ3) is 5.56. The van der Waals surface area contributed by atoms with Crippen LogP contribution >= 0.6 is 11.6 Å². The maximum Gasteiger partial charge on any atom is 0.414 e. The Balaban J connectivity index is 0.00000256. The Bertz CT molecular complexity index is 351. The Morgan fingerprint density at radius 2 is 1.94 bits per heavy atom. The predicted molar refractivity (Wildman–Crippen MR) is 64.7 cm³/mol. The van der Waals surface area contributed by atoms with E-state index in [0.717, 1.165) is 0 Å². The molecule has 0 unspecified atom stereocenters. The number of amides is 1. The van der Waals surface area contributed by atoms with Crippen LogP contribution in [0.2, 0.25) is 0 Å². The third-order valence-electron chi connectivity index (χ3n) is 1.75. The number of rotatable bonds is 2. The number of hydrogen-bond acceptors (Lipinski definition) is 2. The molecule has 0 saturated carbocycles. The summed E-state index contributed by atoms with van der Waals surface area (Å²) in [5, 5.41) is 0. The fourth-order valence-electron chi connectivity index (χ4n) is 1.10. The van der Waals surface area contributed by atoms with E-state index in [1.807, 2.05) is 20.8 Å². The van der Waals surface area contributed by atoms with Crippen LogP contribution in [0.25, 0.3) is 0 Å². The first-order valence-electron chi connectivity index (χ1n) is 4.96. The molecule has 3 nitrogen and oxygen atoms in total. The minimum atomic E-state index is -0.525. The summed E-state index contributed by atoms with van der Waals surface area (Å²) in [7, 11) is 0. The van der Waals surface area contributed by atoms with Crippen LogP contribution in [0.5, 0.6) is 0 Å². The van der Waals surface area contributed by atoms with E-state index < -0.39 is 11.7 Å². The quantitative estimate of drug-likeness (QED) is 0.414. The molecule has 0 N–H and O–H groups in total. The monoisotopic (exact) mass is 424 g/mol. The molecule has 0 aliphatic heterocycles. The average Bonchev–Trinajstić information content (AvgIpc) is 2.17. The Kier molecular flexibility index (Phi) is 6.81. The summed E-state index contributed by atoms with van der Waals surface area (Å²) in [6.45, 7) is 5.45. The molecule has 17 heavy (non-hydrogen) atoms. The molecule has 1 aromatic carbocycles. The number of alkyl halides is 1. The number of benzene rings is 1. The topological polar surface area (TPSA) is 29.5 Å². The van der Waals surface area contributed by atoms with E-state index in [-0.39, 0.29) is 27.1 Å². The van der Waals surface area contributed by atoms with Crippen LogP contribution in [-0.2, 0) is 25.8 Å². The smallest absolute Gasteiger partial charge is 0.414 e. The zero-order chi connectivity index (χ0) is 12.2. The van der Waals surface area contributed by atoms with E-state index in [1.165, 1.54) is 4.90 Å². The van der Waals surface area contributed by atoms with Crippen LogP contribution in [0, 0.1) is 6.07 Å². The zero-order valence-electron chi connectivity index (χ0n) is 10.1. The van der Waals surface area contributed by atoms with Gasteiger partial charge in [0, 0.05) is 21.1 Å². The van der Waals surface area contributed by atoms with Crippen molar-refractivity contribution in [3.05, 3.63) is 30.3 Å². The number of carbonyl (C=O) groups excluding carboxylic acids is 1. The summed E-state index contributed by atoms with van der Waals surface area (Å²) in [5.74, 6) is 0. The van der Waals surface area contributed by atoms with Crippen molar-refractivity contribution in [2.75, 3.05) is 10.9 Å². The number of ether oxygens (including phenoxy) is 1. The Morgan fingerprint density at radius 3 is 2.35 bits per heavy atom. The Labute approximate surface area is 121 Å². The molecular weight excluding hydrogens is 409 g/mol. The Hall–Kier alpha value is -0.532. The standard InChI is InChI=1S/C12H15ClNO2.W/c1-12(2,3)16-11(15)14(9-13)10-7-5-4-6-8-10;/h5-8H,9H2,1-3H3;/q-1;. The molecule has 0 spiro atoms. The third-order valence-corrected chi connectivity index (χ3v) is 1.98. The van der Waals surface area contributed by atoms with Crippen LogP contribution in [0.3, 0.4) is 0 Å². The maximum absolute atomic E-state index is 11.8. The van der Waals surface area contributed by atoms with E-state index in [1.54, 1.807) is 24.3 Å². The van der Waals surface area contributed by atoms with E-state index >= 15 is 0 Å². The zero-order valence-corrected chi connectivity index (χ0v) is 13.8. The van der Waals surface area contributed by atoms with Crippen molar-refractivity contribution in [1.82, 2.24) is 0 Å². The van der Waals surface area contributed by atoms with Crippen molar-refractivity contribution >= 4 is 23.4 Å². The first kappa shape index (κ1) is 16.5. The molecule has 0 atom stereocenters. The fourth-order valence-corrected chi connectivity index (χ4v) is 1.33. The van der Waals surface area contributed by atoms with Crippen LogP contribution in [0.15, 0.2) is 24.3 Å². The number of halogens is 1. The first-order chi connectivity index (χ1) is 7.44. The van der Waals surface area contributed by atoms with Crippen molar-refractivity contribution < 1.29 is 30.6 Å². The number of anilines is 1. The van der Waals surface area contributed by atoms with Gasteiger partial charge < -0.3 is 4.74 Å². The van der Waals surface area contributed by atoms with Gasteiger partial charge in [-0.2, -0.15) is 18.2 Å². The Morgan fingerprint density at radius 1 is 1.41 bits per heavy atom. The largest absolute Gasteiger partial charge is 0.443 e. The van der Waals surface area contributed by atoms with Crippen LogP contribution in [0.4, 0.5) is 10.5 Å². The van der Waals surface area contributed by atoms with Gasteiger partial charge in [0.05, 0.1) is 0 Å². The molecule has 0 bridgehead atoms. The average molecular weight is 425 g/mol. The minimum Gasteiger partial charge on any atom is -0.443 e. The fraction of sp³-hybridized carbons (Fsp3) is 0.417. The molecule has 1 amide bonds. The van der Waals surface area contributed by atoms with Crippen molar-refractivity contribution in [3.8, 4) is 0 Å². The summed E-state index contributed by atoms with van der Waals surface area (Å²) in [6, 6.07) is 9.89. The maximum atomic E-state index is 11.8. The molecule has 0 fully saturated rings. The van der Waals surface area contributed by atoms with Crippen molar-refractivity contribution in [2.24, 2.45) is 0 Å². The molecule has 94 valence electrons. The van der Waals surface area contributed by atoms with Crippen LogP contribution < -0.4 is 4.90 Å². The summed E-state index contributed by atoms with van der Waals surface area (Å²) < 4.78 is 5.24. The summed E-state index contributed by atoms with van der Waals surface area (Å²) in [5.41, 5.74) is 0.172. The molecule has 0 aromatic heterocycles. The second-order valence-electron chi connectivity index (χ2n) is 4.29. The number of nitrogens with zero attached hydrogens (tertiary/aromatic N) is 1. The van der Waals surface area contributed by atoms with Crippen molar-refractivity contribution in [3.63, 3.8) is 0 Å². The van der Waals surface area contributed by atoms with Gasteiger partial charge in [0.2, 0.25) is 0 Å². The van der Waals surface area contributed by atoms with Gasteiger partial charge in [-0.05, 0) is 20.8 Å². The number of hydrogen-bond donors (Lipinski definition) is 0. The van der Waals surface area contributed by atoms with Gasteiger partial charge in [0.15, 0.2) is 0 Å². The predicted octanol–water partition coefficient (Wildman–Crippen LogP) is 3.42. The van der Waals surface area contributed by atoms with E-state index in [0.29, 0.717) is 5.69 Å². The van der Waals surface area contributed by atoms with Gasteiger partial charge in [-0.15, -0.1) is 23.7 Å². The van der Waals surface area contributed by atoms with E-state index in [2.05, 4.69) is 6.07 Å². The van der Waals surface area contributed by atoms with E-state index in [9.17, 15) is 4.79 Å². The molecule has 0 saturated heterocycles. The van der Waals surface area contributed by atoms with Crippen molar-refractivity contribution in [1.29, 1.82) is 0 Å². The molecule has 0 aliphatic carbocycles. The van der Waals surface area contributed by atoms with Gasteiger partial charge >= 0.3 is 6.09 Å². The minimum absolute atomic E-state index is 0. The summed E-state index contributed by atoms with van der Waals surface area (Å²) >= 11 is 5.74. The summed E-state index contributed by atoms with van der Waals surface area (Å²) in [4.78, 5) is 13.2. The van der Waals surface area contributed by atoms with Crippen molar-refractivity contribution in [2.45, 2.75) is 26.4 Å². The molecular formula is C12H15ClNO2W-. The number of carbonyl (C=O) groups is 1. The van der Waals surface area contributed by atoms with Crippen LogP contribution in [0.1, 0.15) is 20.8 Å². The molecule has 1 aromatic rings. The van der Waals surface area contributed by atoms with Crippen LogP contribution in [-0.4, -0.2) is 17.7 Å². The van der Waals surface area contributed by atoms with Gasteiger partial charge in [0.25, 0.3) is 0 Å². The molecule has 5 heteroatoms. The van der Waals surface area contributed by atoms with Gasteiger partial charge in [-0.1, -0.05) is 5.69 Å². The van der Waals surface area contributed by atoms with Gasteiger partial charge in [0.1, 0.15) is 11.6 Å². The van der Waals surface area contributed by atoms with E-state index in [4.69, 9.17) is 16.3 Å². The molecule has 1 rings (SSSR count). The van der Waals surface area contributed by atoms with Gasteiger partial charge in [-0.3, -0.25) is 4.90 Å². The normalized spacial score (nSPS) is 10.4. The van der Waals surface area contributed by atoms with Gasteiger partial charge in [-0.25, -0.2) is 4.79 Å².